The summed E-state index contributed by atoms with van der Waals surface area (Å²) in [5, 5.41) is 3.56. The first kappa shape index (κ1) is 9.10. The first-order chi connectivity index (χ1) is 7.34. The second-order valence-corrected chi connectivity index (χ2v) is 5.12. The van der Waals surface area contributed by atoms with Crippen LogP contribution in [-0.4, -0.2) is 0 Å². The van der Waals surface area contributed by atoms with Gasteiger partial charge in [-0.15, -0.1) is 0 Å². The minimum Gasteiger partial charge on any atom is -0.357 e. The molecule has 1 N–H and O–H groups in total. The molecule has 1 aliphatic heterocycles. The van der Waals surface area contributed by atoms with E-state index in [0.29, 0.717) is 5.92 Å². The molecule has 1 heterocycles. The number of hydrogen-bond acceptors (Lipinski definition) is 2. The molecule has 1 atom stereocenters. The van der Waals surface area contributed by atoms with Crippen molar-refractivity contribution in [3.8, 4) is 0 Å². The molecular formula is C13H13NS. The normalized spacial score (nSPS) is 23.1. The largest absolute Gasteiger partial charge is 0.357 e. The topological polar surface area (TPSA) is 12.0 Å². The van der Waals surface area contributed by atoms with Gasteiger partial charge in [-0.2, -0.15) is 0 Å². The Morgan fingerprint density at radius 1 is 1.33 bits per heavy atom. The molecule has 1 aliphatic carbocycles. The van der Waals surface area contributed by atoms with Crippen LogP contribution in [0.25, 0.3) is 0 Å². The van der Waals surface area contributed by atoms with Gasteiger partial charge in [0.15, 0.2) is 0 Å². The summed E-state index contributed by atoms with van der Waals surface area (Å²) in [5.41, 5.74) is 2.64. The maximum absolute atomic E-state index is 3.56. The lowest BCUT2D eigenvalue weighted by Crippen LogP contribution is -2.16. The van der Waals surface area contributed by atoms with Crippen molar-refractivity contribution >= 4 is 17.4 Å². The average Bonchev–Trinajstić information content (AvgIpc) is 2.27. The summed E-state index contributed by atoms with van der Waals surface area (Å²) in [6.45, 7) is 2.28. The summed E-state index contributed by atoms with van der Waals surface area (Å²) in [6, 6.07) is 8.50. The van der Waals surface area contributed by atoms with Gasteiger partial charge in [-0.05, 0) is 18.6 Å². The fourth-order valence-electron chi connectivity index (χ4n) is 2.03. The smallest absolute Gasteiger partial charge is 0.0524 e. The van der Waals surface area contributed by atoms with Gasteiger partial charge in [0.2, 0.25) is 0 Å². The predicted octanol–water partition coefficient (Wildman–Crippen LogP) is 4.01. The van der Waals surface area contributed by atoms with Crippen molar-refractivity contribution in [3.05, 3.63) is 47.0 Å². The number of rotatable bonds is 0. The van der Waals surface area contributed by atoms with Crippen LogP contribution in [0.15, 0.2) is 51.9 Å². The zero-order valence-corrected chi connectivity index (χ0v) is 9.47. The number of hydrogen-bond donors (Lipinski definition) is 1. The number of thioether (sulfide) groups is 1. The molecule has 2 aliphatic rings. The van der Waals surface area contributed by atoms with Crippen LogP contribution in [0.4, 0.5) is 5.69 Å². The average molecular weight is 215 g/mol. The number of allylic oxidation sites excluding steroid dienone is 3. The van der Waals surface area contributed by atoms with Gasteiger partial charge in [-0.25, -0.2) is 0 Å². The molecule has 1 aromatic rings. The Bertz CT molecular complexity index is 459. The highest BCUT2D eigenvalue weighted by Crippen LogP contribution is 2.44. The van der Waals surface area contributed by atoms with Gasteiger partial charge in [0.05, 0.1) is 5.69 Å². The van der Waals surface area contributed by atoms with E-state index in [1.165, 1.54) is 21.2 Å². The summed E-state index contributed by atoms with van der Waals surface area (Å²) >= 11 is 1.87. The number of nitrogens with one attached hydrogen (secondary N) is 1. The molecule has 1 unspecified atom stereocenters. The molecule has 0 fully saturated rings. The zero-order chi connectivity index (χ0) is 10.3. The minimum absolute atomic E-state index is 0.617. The van der Waals surface area contributed by atoms with Gasteiger partial charge in [0, 0.05) is 21.4 Å². The maximum atomic E-state index is 3.56. The molecule has 15 heavy (non-hydrogen) atoms. The number of anilines is 1. The van der Waals surface area contributed by atoms with Crippen LogP contribution in [0, 0.1) is 5.92 Å². The fraction of sp³-hybridized carbons (Fsp3) is 0.231. The van der Waals surface area contributed by atoms with Gasteiger partial charge in [0.25, 0.3) is 0 Å². The van der Waals surface area contributed by atoms with Crippen LogP contribution < -0.4 is 5.32 Å². The molecule has 1 aromatic carbocycles. The van der Waals surface area contributed by atoms with Gasteiger partial charge in [-0.1, -0.05) is 43.0 Å². The monoisotopic (exact) mass is 215 g/mol. The minimum atomic E-state index is 0.617. The number of para-hydroxylation sites is 1. The van der Waals surface area contributed by atoms with Gasteiger partial charge in [-0.3, -0.25) is 0 Å². The predicted molar refractivity (Wildman–Crippen MR) is 65.9 cm³/mol. The van der Waals surface area contributed by atoms with Crippen molar-refractivity contribution in [1.29, 1.82) is 0 Å². The Morgan fingerprint density at radius 3 is 3.13 bits per heavy atom. The van der Waals surface area contributed by atoms with Crippen LogP contribution >= 0.6 is 11.8 Å². The Kier molecular flexibility index (Phi) is 2.10. The quantitative estimate of drug-likeness (QED) is 0.701. The summed E-state index contributed by atoms with van der Waals surface area (Å²) in [6.07, 6.45) is 5.66. The van der Waals surface area contributed by atoms with E-state index in [1.807, 2.05) is 11.8 Å². The van der Waals surface area contributed by atoms with Crippen molar-refractivity contribution in [2.75, 3.05) is 5.32 Å². The summed E-state index contributed by atoms with van der Waals surface area (Å²) in [5.74, 6) is 0.617. The number of benzene rings is 1. The van der Waals surface area contributed by atoms with Gasteiger partial charge in [0.1, 0.15) is 0 Å². The molecule has 2 heteroatoms. The highest BCUT2D eigenvalue weighted by molar-refractivity contribution is 8.03. The van der Waals surface area contributed by atoms with E-state index in [1.54, 1.807) is 0 Å². The molecule has 0 spiro atoms. The summed E-state index contributed by atoms with van der Waals surface area (Å²) < 4.78 is 0. The molecule has 3 rings (SSSR count). The third-order valence-electron chi connectivity index (χ3n) is 2.89. The van der Waals surface area contributed by atoms with Crippen LogP contribution in [0.5, 0.6) is 0 Å². The van der Waals surface area contributed by atoms with E-state index in [-0.39, 0.29) is 0 Å². The molecule has 0 radical (unpaired) electrons. The molecule has 1 nitrogen and oxygen atoms in total. The first-order valence-electron chi connectivity index (χ1n) is 5.29. The fourth-order valence-corrected chi connectivity index (χ4v) is 3.16. The molecule has 0 saturated heterocycles. The van der Waals surface area contributed by atoms with E-state index >= 15 is 0 Å². The van der Waals surface area contributed by atoms with E-state index in [4.69, 9.17) is 0 Å². The van der Waals surface area contributed by atoms with Crippen molar-refractivity contribution in [1.82, 2.24) is 0 Å². The lowest BCUT2D eigenvalue weighted by atomic mass is 9.98. The number of fused-ring (bicyclic) bond motifs is 1. The van der Waals surface area contributed by atoms with E-state index in [9.17, 15) is 0 Å². The van der Waals surface area contributed by atoms with Crippen molar-refractivity contribution in [2.24, 2.45) is 5.92 Å². The molecule has 0 amide bonds. The Balaban J connectivity index is 2.04. The third kappa shape index (κ3) is 1.49. The summed E-state index contributed by atoms with van der Waals surface area (Å²) in [7, 11) is 0. The molecule has 0 aromatic heterocycles. The molecule has 76 valence electrons. The zero-order valence-electron chi connectivity index (χ0n) is 8.66. The molecule has 0 saturated carbocycles. The SMILES string of the molecule is CC1CC=CC2=C1Nc1ccccc1S2. The van der Waals surface area contributed by atoms with Crippen LogP contribution in [0.2, 0.25) is 0 Å². The third-order valence-corrected chi connectivity index (χ3v) is 4.05. The Morgan fingerprint density at radius 2 is 2.20 bits per heavy atom. The lowest BCUT2D eigenvalue weighted by Gasteiger charge is -2.28. The highest BCUT2D eigenvalue weighted by Gasteiger charge is 2.22. The maximum Gasteiger partial charge on any atom is 0.0524 e. The molecular weight excluding hydrogens is 202 g/mol. The first-order valence-corrected chi connectivity index (χ1v) is 6.11. The standard InChI is InChI=1S/C13H13NS/c1-9-5-4-8-12-13(9)14-10-6-2-3-7-11(10)15-12/h2-4,6-9,14H,5H2,1H3. The lowest BCUT2D eigenvalue weighted by molar-refractivity contribution is 0.687. The van der Waals surface area contributed by atoms with E-state index in [2.05, 4.69) is 48.7 Å². The van der Waals surface area contributed by atoms with Crippen molar-refractivity contribution < 1.29 is 0 Å². The van der Waals surface area contributed by atoms with Crippen molar-refractivity contribution in [3.63, 3.8) is 0 Å². The van der Waals surface area contributed by atoms with Crippen LogP contribution in [0.3, 0.4) is 0 Å². The van der Waals surface area contributed by atoms with E-state index in [0.717, 1.165) is 6.42 Å². The Hall–Kier alpha value is -1.15. The van der Waals surface area contributed by atoms with Gasteiger partial charge >= 0.3 is 0 Å². The summed E-state index contributed by atoms with van der Waals surface area (Å²) in [4.78, 5) is 2.71. The Labute approximate surface area is 94.3 Å². The second kappa shape index (κ2) is 3.46. The van der Waals surface area contributed by atoms with Gasteiger partial charge < -0.3 is 5.32 Å². The van der Waals surface area contributed by atoms with Crippen LogP contribution in [0.1, 0.15) is 13.3 Å². The highest BCUT2D eigenvalue weighted by atomic mass is 32.2. The second-order valence-electron chi connectivity index (χ2n) is 4.04. The molecule has 0 bridgehead atoms. The van der Waals surface area contributed by atoms with E-state index < -0.39 is 0 Å². The van der Waals surface area contributed by atoms with Crippen molar-refractivity contribution in [2.45, 2.75) is 18.2 Å². The van der Waals surface area contributed by atoms with Crippen LogP contribution in [-0.2, 0) is 0 Å².